The van der Waals surface area contributed by atoms with E-state index in [0.717, 1.165) is 37.2 Å². The van der Waals surface area contributed by atoms with Gasteiger partial charge in [0.2, 0.25) is 0 Å². The summed E-state index contributed by atoms with van der Waals surface area (Å²) in [7, 11) is 5.42. The summed E-state index contributed by atoms with van der Waals surface area (Å²) in [6.45, 7) is 1.99. The highest BCUT2D eigenvalue weighted by Gasteiger charge is 2.25. The van der Waals surface area contributed by atoms with E-state index in [4.69, 9.17) is 0 Å². The van der Waals surface area contributed by atoms with Crippen molar-refractivity contribution in [3.63, 3.8) is 0 Å². The average molecular weight is 309 g/mol. The Morgan fingerprint density at radius 2 is 2.16 bits per heavy atom. The van der Waals surface area contributed by atoms with Crippen LogP contribution in [-0.2, 0) is 7.05 Å². The Morgan fingerprint density at radius 1 is 1.47 bits per heavy atom. The third-order valence-electron chi connectivity index (χ3n) is 3.18. The van der Waals surface area contributed by atoms with Gasteiger partial charge in [-0.1, -0.05) is 0 Å². The second-order valence-electron chi connectivity index (χ2n) is 4.84. The van der Waals surface area contributed by atoms with E-state index in [1.54, 1.807) is 23.7 Å². The molecule has 0 bridgehead atoms. The molecular weight excluding hydrogens is 287 g/mol. The fraction of sp³-hybridized carbons (Fsp3) is 0.667. The number of carbonyl (C=O) groups is 1. The van der Waals surface area contributed by atoms with E-state index in [1.165, 1.54) is 0 Å². The van der Waals surface area contributed by atoms with Crippen LogP contribution in [0.15, 0.2) is 6.20 Å². The molecule has 5 nitrogen and oxygen atoms in total. The molecule has 0 radical (unpaired) electrons. The van der Waals surface area contributed by atoms with E-state index in [0.29, 0.717) is 5.92 Å². The zero-order chi connectivity index (χ0) is 12.4. The molecule has 1 aliphatic heterocycles. The number of halogens is 2. The first-order chi connectivity index (χ1) is 8.09. The van der Waals surface area contributed by atoms with Crippen molar-refractivity contribution in [1.29, 1.82) is 0 Å². The Morgan fingerprint density at radius 3 is 2.68 bits per heavy atom. The molecule has 1 amide bonds. The van der Waals surface area contributed by atoms with Crippen LogP contribution in [0.2, 0.25) is 0 Å². The van der Waals surface area contributed by atoms with Crippen LogP contribution >= 0.6 is 24.8 Å². The molecule has 0 aliphatic carbocycles. The van der Waals surface area contributed by atoms with E-state index >= 15 is 0 Å². The van der Waals surface area contributed by atoms with Crippen molar-refractivity contribution in [1.82, 2.24) is 20.0 Å². The molecule has 0 saturated carbocycles. The molecule has 1 unspecified atom stereocenters. The van der Waals surface area contributed by atoms with Crippen LogP contribution in [0.25, 0.3) is 0 Å². The molecule has 1 atom stereocenters. The first-order valence-corrected chi connectivity index (χ1v) is 6.05. The van der Waals surface area contributed by atoms with Crippen LogP contribution in [-0.4, -0.2) is 47.8 Å². The second kappa shape index (κ2) is 7.72. The lowest BCUT2D eigenvalue weighted by Crippen LogP contribution is -2.30. The minimum absolute atomic E-state index is 0. The Bertz CT molecular complexity index is 414. The molecule has 7 heteroatoms. The van der Waals surface area contributed by atoms with Crippen molar-refractivity contribution in [3.8, 4) is 0 Å². The Hall–Kier alpha value is -0.780. The zero-order valence-electron chi connectivity index (χ0n) is 11.5. The van der Waals surface area contributed by atoms with E-state index in [2.05, 4.69) is 10.4 Å². The van der Waals surface area contributed by atoms with Gasteiger partial charge in [0.25, 0.3) is 5.91 Å². The summed E-state index contributed by atoms with van der Waals surface area (Å²) in [6, 6.07) is 0. The van der Waals surface area contributed by atoms with E-state index in [9.17, 15) is 4.79 Å². The van der Waals surface area contributed by atoms with Gasteiger partial charge < -0.3 is 10.2 Å². The van der Waals surface area contributed by atoms with Crippen LogP contribution in [0, 0.1) is 0 Å². The minimum Gasteiger partial charge on any atom is -0.345 e. The molecule has 110 valence electrons. The van der Waals surface area contributed by atoms with Gasteiger partial charge in [0.05, 0.1) is 11.3 Å². The van der Waals surface area contributed by atoms with Crippen LogP contribution in [0.5, 0.6) is 0 Å². The van der Waals surface area contributed by atoms with Gasteiger partial charge in [-0.15, -0.1) is 24.8 Å². The first kappa shape index (κ1) is 18.2. The number of hydrogen-bond acceptors (Lipinski definition) is 3. The molecule has 1 N–H and O–H groups in total. The number of aromatic nitrogens is 2. The number of hydrogen-bond donors (Lipinski definition) is 1. The molecule has 19 heavy (non-hydrogen) atoms. The SMILES string of the molecule is CN(C)C(=O)c1cn(C)nc1C1CCCNC1.Cl.Cl. The maximum absolute atomic E-state index is 12.1. The smallest absolute Gasteiger partial charge is 0.256 e. The predicted octanol–water partition coefficient (Wildman–Crippen LogP) is 1.43. The lowest BCUT2D eigenvalue weighted by atomic mass is 9.93. The number of carbonyl (C=O) groups excluding carboxylic acids is 1. The van der Waals surface area contributed by atoms with Crippen LogP contribution in [0.3, 0.4) is 0 Å². The summed E-state index contributed by atoms with van der Waals surface area (Å²) < 4.78 is 1.74. The fourth-order valence-corrected chi connectivity index (χ4v) is 2.30. The van der Waals surface area contributed by atoms with Gasteiger partial charge in [-0.2, -0.15) is 5.10 Å². The monoisotopic (exact) mass is 308 g/mol. The molecule has 2 rings (SSSR count). The lowest BCUT2D eigenvalue weighted by Gasteiger charge is -2.22. The molecule has 0 aromatic carbocycles. The molecule has 2 heterocycles. The molecule has 1 saturated heterocycles. The Kier molecular flexibility index (Phi) is 7.41. The van der Waals surface area contributed by atoms with E-state index in [1.807, 2.05) is 13.2 Å². The summed E-state index contributed by atoms with van der Waals surface area (Å²) in [5, 5.41) is 7.83. The van der Waals surface area contributed by atoms with Gasteiger partial charge in [-0.25, -0.2) is 0 Å². The summed E-state index contributed by atoms with van der Waals surface area (Å²) in [5.74, 6) is 0.405. The third-order valence-corrected chi connectivity index (χ3v) is 3.18. The number of amides is 1. The highest BCUT2D eigenvalue weighted by Crippen LogP contribution is 2.25. The van der Waals surface area contributed by atoms with Crippen molar-refractivity contribution >= 4 is 30.7 Å². The number of aryl methyl sites for hydroxylation is 1. The molecular formula is C12H22Cl2N4O. The van der Waals surface area contributed by atoms with Crippen LogP contribution in [0.1, 0.15) is 34.8 Å². The number of nitrogens with zero attached hydrogens (tertiary/aromatic N) is 3. The van der Waals surface area contributed by atoms with Gasteiger partial charge >= 0.3 is 0 Å². The van der Waals surface area contributed by atoms with Crippen molar-refractivity contribution < 1.29 is 4.79 Å². The Balaban J connectivity index is 0.00000162. The number of rotatable bonds is 2. The molecule has 1 aromatic rings. The predicted molar refractivity (Wildman–Crippen MR) is 80.6 cm³/mol. The lowest BCUT2D eigenvalue weighted by molar-refractivity contribution is 0.0825. The minimum atomic E-state index is 0. The van der Waals surface area contributed by atoms with Gasteiger partial charge in [0.15, 0.2) is 0 Å². The first-order valence-electron chi connectivity index (χ1n) is 6.05. The van der Waals surface area contributed by atoms with Crippen LogP contribution < -0.4 is 5.32 Å². The normalized spacial score (nSPS) is 18.2. The summed E-state index contributed by atoms with van der Waals surface area (Å²) in [5.41, 5.74) is 1.68. The maximum atomic E-state index is 12.1. The van der Waals surface area contributed by atoms with E-state index in [-0.39, 0.29) is 30.7 Å². The number of piperidine rings is 1. The topological polar surface area (TPSA) is 50.2 Å². The van der Waals surface area contributed by atoms with Crippen molar-refractivity contribution in [2.45, 2.75) is 18.8 Å². The second-order valence-corrected chi connectivity index (χ2v) is 4.84. The number of nitrogens with one attached hydrogen (secondary N) is 1. The highest BCUT2D eigenvalue weighted by atomic mass is 35.5. The van der Waals surface area contributed by atoms with Crippen molar-refractivity contribution in [3.05, 3.63) is 17.5 Å². The zero-order valence-corrected chi connectivity index (χ0v) is 13.2. The fourth-order valence-electron chi connectivity index (χ4n) is 2.30. The van der Waals surface area contributed by atoms with Gasteiger partial charge in [-0.05, 0) is 19.4 Å². The molecule has 1 fully saturated rings. The van der Waals surface area contributed by atoms with Gasteiger partial charge in [0.1, 0.15) is 0 Å². The van der Waals surface area contributed by atoms with Crippen molar-refractivity contribution in [2.75, 3.05) is 27.2 Å². The van der Waals surface area contributed by atoms with E-state index < -0.39 is 0 Å². The highest BCUT2D eigenvalue weighted by molar-refractivity contribution is 5.95. The molecule has 1 aliphatic rings. The Labute approximate surface area is 126 Å². The summed E-state index contributed by atoms with van der Waals surface area (Å²) >= 11 is 0. The average Bonchev–Trinajstić information content (AvgIpc) is 2.71. The summed E-state index contributed by atoms with van der Waals surface area (Å²) in [4.78, 5) is 13.7. The quantitative estimate of drug-likeness (QED) is 0.899. The van der Waals surface area contributed by atoms with Gasteiger partial charge in [0, 0.05) is 39.8 Å². The third kappa shape index (κ3) is 4.09. The van der Waals surface area contributed by atoms with Gasteiger partial charge in [-0.3, -0.25) is 9.48 Å². The van der Waals surface area contributed by atoms with Crippen molar-refractivity contribution in [2.24, 2.45) is 7.05 Å². The largest absolute Gasteiger partial charge is 0.345 e. The molecule has 0 spiro atoms. The standard InChI is InChI=1S/C12H20N4O.2ClH/c1-15(2)12(17)10-8-16(3)14-11(10)9-5-4-6-13-7-9;;/h8-9,13H,4-7H2,1-3H3;2*1H. The summed E-state index contributed by atoms with van der Waals surface area (Å²) in [6.07, 6.45) is 4.08. The maximum Gasteiger partial charge on any atom is 0.256 e. The van der Waals surface area contributed by atoms with Crippen LogP contribution in [0.4, 0.5) is 0 Å². The molecule has 1 aromatic heterocycles.